The molecule has 1 unspecified atom stereocenters. The zero-order valence-electron chi connectivity index (χ0n) is 24.6. The summed E-state index contributed by atoms with van der Waals surface area (Å²) < 4.78 is 15.5. The van der Waals surface area contributed by atoms with E-state index in [4.69, 9.17) is 4.98 Å². The van der Waals surface area contributed by atoms with Crippen LogP contribution in [-0.4, -0.2) is 61.0 Å². The number of rotatable bonds is 10. The van der Waals surface area contributed by atoms with Crippen molar-refractivity contribution in [3.05, 3.63) is 93.9 Å². The van der Waals surface area contributed by atoms with Gasteiger partial charge in [-0.25, -0.2) is 14.4 Å². The Morgan fingerprint density at radius 1 is 1.14 bits per heavy atom. The van der Waals surface area contributed by atoms with Crippen LogP contribution in [0.3, 0.4) is 0 Å². The van der Waals surface area contributed by atoms with Gasteiger partial charge in [-0.15, -0.1) is 0 Å². The fourth-order valence-electron chi connectivity index (χ4n) is 5.62. The second-order valence-electron chi connectivity index (χ2n) is 11.4. The van der Waals surface area contributed by atoms with Crippen LogP contribution >= 0.6 is 0 Å². The van der Waals surface area contributed by atoms with Gasteiger partial charge in [-0.1, -0.05) is 18.6 Å². The maximum Gasteiger partial charge on any atom is 0.267 e. The van der Waals surface area contributed by atoms with Crippen LogP contribution in [0.4, 0.5) is 4.39 Å². The molecule has 0 bridgehead atoms. The Bertz CT molecular complexity index is 1630. The van der Waals surface area contributed by atoms with E-state index in [1.165, 1.54) is 42.0 Å². The number of carbonyl (C=O) groups excluding carboxylic acids is 1. The maximum absolute atomic E-state index is 14.0. The number of fused-ring (bicyclic) bond motifs is 1. The number of aromatic nitrogens is 3. The summed E-state index contributed by atoms with van der Waals surface area (Å²) in [6, 6.07) is 14.7. The van der Waals surface area contributed by atoms with Gasteiger partial charge in [0.15, 0.2) is 5.65 Å². The van der Waals surface area contributed by atoms with Gasteiger partial charge in [0, 0.05) is 24.8 Å². The van der Waals surface area contributed by atoms with Gasteiger partial charge in [-0.3, -0.25) is 14.2 Å². The Labute approximate surface area is 245 Å². The number of hydrogen-bond donors (Lipinski definition) is 1. The number of halogens is 1. The van der Waals surface area contributed by atoms with Crippen LogP contribution < -0.4 is 5.56 Å². The van der Waals surface area contributed by atoms with E-state index in [-0.39, 0.29) is 35.5 Å². The number of benzene rings is 2. The fourth-order valence-corrected chi connectivity index (χ4v) is 5.62. The number of phenolic OH excluding ortho intramolecular Hbond substituents is 1. The summed E-state index contributed by atoms with van der Waals surface area (Å²) in [4.78, 5) is 41.2. The van der Waals surface area contributed by atoms with E-state index in [2.05, 4.69) is 23.9 Å². The molecule has 9 heteroatoms. The van der Waals surface area contributed by atoms with E-state index in [0.29, 0.717) is 40.7 Å². The Hall–Kier alpha value is -4.11. The third-order valence-corrected chi connectivity index (χ3v) is 8.65. The highest BCUT2D eigenvalue weighted by Crippen LogP contribution is 2.28. The quantitative estimate of drug-likeness (QED) is 0.277. The zero-order valence-corrected chi connectivity index (χ0v) is 24.6. The molecule has 0 aliphatic heterocycles. The van der Waals surface area contributed by atoms with Crippen molar-refractivity contribution in [2.75, 3.05) is 13.6 Å². The number of pyridine rings is 1. The summed E-state index contributed by atoms with van der Waals surface area (Å²) in [5.74, 6) is 0.00277. The first-order valence-electron chi connectivity index (χ1n) is 14.6. The summed E-state index contributed by atoms with van der Waals surface area (Å²) in [5.41, 5.74) is 1.73. The van der Waals surface area contributed by atoms with E-state index >= 15 is 0 Å². The molecular weight excluding hydrogens is 533 g/mol. The van der Waals surface area contributed by atoms with E-state index in [9.17, 15) is 19.1 Å². The molecule has 1 amide bonds. The van der Waals surface area contributed by atoms with Gasteiger partial charge < -0.3 is 14.9 Å². The molecular formula is C33H38FN5O3. The topological polar surface area (TPSA) is 91.6 Å². The molecule has 8 nitrogen and oxygen atoms in total. The minimum Gasteiger partial charge on any atom is -0.508 e. The number of carbonyl (C=O) groups is 1. The predicted molar refractivity (Wildman–Crippen MR) is 161 cm³/mol. The van der Waals surface area contributed by atoms with Crippen molar-refractivity contribution in [1.29, 1.82) is 0 Å². The average Bonchev–Trinajstić information content (AvgIpc) is 2.94. The summed E-state index contributed by atoms with van der Waals surface area (Å²) >= 11 is 0. The van der Waals surface area contributed by atoms with E-state index in [0.717, 1.165) is 12.0 Å². The Kier molecular flexibility index (Phi) is 8.68. The molecule has 1 aliphatic carbocycles. The van der Waals surface area contributed by atoms with Crippen LogP contribution in [-0.2, 0) is 11.2 Å². The highest BCUT2D eigenvalue weighted by Gasteiger charge is 2.30. The lowest BCUT2D eigenvalue weighted by Gasteiger charge is -2.40. The third kappa shape index (κ3) is 6.06. The minimum absolute atomic E-state index is 0.0766. The van der Waals surface area contributed by atoms with Crippen molar-refractivity contribution in [1.82, 2.24) is 24.3 Å². The molecule has 0 spiro atoms. The molecule has 0 saturated heterocycles. The van der Waals surface area contributed by atoms with Crippen LogP contribution in [0.15, 0.2) is 65.6 Å². The third-order valence-electron chi connectivity index (χ3n) is 8.65. The minimum atomic E-state index is -0.590. The van der Waals surface area contributed by atoms with Gasteiger partial charge in [0.25, 0.3) is 5.56 Å². The molecule has 1 aliphatic rings. The Morgan fingerprint density at radius 2 is 1.88 bits per heavy atom. The molecule has 2 aromatic carbocycles. The van der Waals surface area contributed by atoms with Gasteiger partial charge in [0.05, 0.1) is 23.5 Å². The first kappa shape index (κ1) is 29.4. The lowest BCUT2D eigenvalue weighted by atomic mass is 9.90. The van der Waals surface area contributed by atoms with Crippen molar-refractivity contribution < 1.29 is 14.3 Å². The van der Waals surface area contributed by atoms with Crippen molar-refractivity contribution in [2.45, 2.75) is 71.0 Å². The van der Waals surface area contributed by atoms with Crippen molar-refractivity contribution in [3.8, 4) is 11.4 Å². The van der Waals surface area contributed by atoms with Crippen LogP contribution in [0.2, 0.25) is 0 Å². The molecule has 1 fully saturated rings. The highest BCUT2D eigenvalue weighted by molar-refractivity contribution is 5.79. The normalized spacial score (nSPS) is 15.0. The van der Waals surface area contributed by atoms with Crippen LogP contribution in [0, 0.1) is 12.7 Å². The molecule has 42 heavy (non-hydrogen) atoms. The Balaban J connectivity index is 1.54. The largest absolute Gasteiger partial charge is 0.508 e. The predicted octanol–water partition coefficient (Wildman–Crippen LogP) is 5.33. The summed E-state index contributed by atoms with van der Waals surface area (Å²) in [6.07, 6.45) is 6.05. The van der Waals surface area contributed by atoms with Gasteiger partial charge in [0.2, 0.25) is 5.91 Å². The lowest BCUT2D eigenvalue weighted by molar-refractivity contribution is -0.133. The molecule has 0 radical (unpaired) electrons. The fraction of sp³-hybridized carbons (Fsp3) is 0.394. The Morgan fingerprint density at radius 3 is 2.55 bits per heavy atom. The SMILES string of the molecule is Cc1cc(CC(=O)N(CCC(C)N(C)C2CCC2)[C@H](C)c2nc3ncccc3c(=O)n2-c2ccc(O)cc2)ccc1F. The lowest BCUT2D eigenvalue weighted by Crippen LogP contribution is -2.45. The number of aryl methyl sites for hydroxylation is 1. The zero-order chi connectivity index (χ0) is 30.0. The maximum atomic E-state index is 14.0. The summed E-state index contributed by atoms with van der Waals surface area (Å²) in [6.45, 7) is 6.19. The van der Waals surface area contributed by atoms with Crippen molar-refractivity contribution in [3.63, 3.8) is 0 Å². The average molecular weight is 572 g/mol. The standard InChI is InChI=1S/C33H38FN5O3/c1-21-19-24(10-15-29(21)34)20-30(41)38(18-16-22(2)37(4)25-7-5-8-25)23(3)32-36-31-28(9-6-17-35-31)33(42)39(32)26-11-13-27(40)14-12-26/h6,9-15,17,19,22-23,25,40H,5,7-8,16,18,20H2,1-4H3/t22?,23-/m1/s1. The molecule has 1 N–H and O–H groups in total. The van der Waals surface area contributed by atoms with Crippen molar-refractivity contribution >= 4 is 16.9 Å². The van der Waals surface area contributed by atoms with Gasteiger partial charge in [-0.05, 0) is 101 Å². The molecule has 4 aromatic rings. The molecule has 2 heterocycles. The van der Waals surface area contributed by atoms with E-state index in [1.54, 1.807) is 54.4 Å². The molecule has 2 atom stereocenters. The second kappa shape index (κ2) is 12.4. The number of aromatic hydroxyl groups is 1. The molecule has 5 rings (SSSR count). The molecule has 220 valence electrons. The first-order chi connectivity index (χ1) is 20.1. The van der Waals surface area contributed by atoms with Gasteiger partial charge in [-0.2, -0.15) is 0 Å². The number of nitrogens with zero attached hydrogens (tertiary/aromatic N) is 5. The van der Waals surface area contributed by atoms with Crippen molar-refractivity contribution in [2.24, 2.45) is 0 Å². The van der Waals surface area contributed by atoms with Crippen LogP contribution in [0.5, 0.6) is 5.75 Å². The highest BCUT2D eigenvalue weighted by atomic mass is 19.1. The number of amides is 1. The first-order valence-corrected chi connectivity index (χ1v) is 14.6. The second-order valence-corrected chi connectivity index (χ2v) is 11.4. The van der Waals surface area contributed by atoms with Crippen LogP contribution in [0.25, 0.3) is 16.7 Å². The van der Waals surface area contributed by atoms with Crippen LogP contribution in [0.1, 0.15) is 62.5 Å². The van der Waals surface area contributed by atoms with E-state index < -0.39 is 6.04 Å². The summed E-state index contributed by atoms with van der Waals surface area (Å²) in [7, 11) is 2.14. The van der Waals surface area contributed by atoms with Gasteiger partial charge >= 0.3 is 0 Å². The van der Waals surface area contributed by atoms with Gasteiger partial charge in [0.1, 0.15) is 17.4 Å². The monoisotopic (exact) mass is 571 g/mol. The smallest absolute Gasteiger partial charge is 0.267 e. The number of phenols is 1. The van der Waals surface area contributed by atoms with E-state index in [1.807, 2.05) is 6.92 Å². The molecule has 1 saturated carbocycles. The molecule has 2 aromatic heterocycles. The summed E-state index contributed by atoms with van der Waals surface area (Å²) in [5, 5.41) is 10.3. The number of hydrogen-bond acceptors (Lipinski definition) is 6.